The number of halogens is 7. The molecule has 0 amide bonds. The molecule has 0 unspecified atom stereocenters. The van der Waals surface area contributed by atoms with Crippen LogP contribution in [0.5, 0.6) is 0 Å². The van der Waals surface area contributed by atoms with Gasteiger partial charge in [-0.05, 0) is 12.1 Å². The predicted octanol–water partition coefficient (Wildman–Crippen LogP) is 5.14. The van der Waals surface area contributed by atoms with Crippen LogP contribution in [0.25, 0.3) is 28.6 Å². The van der Waals surface area contributed by atoms with E-state index in [1.807, 2.05) is 0 Å². The largest absolute Gasteiger partial charge is 0.417 e. The van der Waals surface area contributed by atoms with Gasteiger partial charge in [0.1, 0.15) is 5.69 Å². The summed E-state index contributed by atoms with van der Waals surface area (Å²) < 4.78 is 84.1. The molecule has 4 aromatic heterocycles. The van der Waals surface area contributed by atoms with Crippen molar-refractivity contribution >= 4 is 17.2 Å². The van der Waals surface area contributed by atoms with Gasteiger partial charge in [0, 0.05) is 24.8 Å². The van der Waals surface area contributed by atoms with Crippen LogP contribution in [0.3, 0.4) is 0 Å². The average Bonchev–Trinajstić information content (AvgIpc) is 3.27. The first-order valence-corrected chi connectivity index (χ1v) is 8.03. The number of hydrogen-bond acceptors (Lipinski definition) is 5. The topological polar surface area (TPSA) is 69.1 Å². The summed E-state index contributed by atoms with van der Waals surface area (Å²) in [6, 6.07) is 1.47. The van der Waals surface area contributed by atoms with Crippen LogP contribution in [-0.4, -0.2) is 24.5 Å². The third-order valence-corrected chi connectivity index (χ3v) is 4.12. The highest BCUT2D eigenvalue weighted by molar-refractivity contribution is 6.33. The van der Waals surface area contributed by atoms with Crippen LogP contribution >= 0.6 is 11.6 Å². The van der Waals surface area contributed by atoms with E-state index in [1.165, 1.54) is 0 Å². The fourth-order valence-corrected chi connectivity index (χ4v) is 2.83. The summed E-state index contributed by atoms with van der Waals surface area (Å²) in [5, 5.41) is 3.22. The lowest BCUT2D eigenvalue weighted by molar-refractivity contribution is -0.138. The lowest BCUT2D eigenvalue weighted by atomic mass is 10.1. The monoisotopic (exact) mass is 433 g/mol. The number of aromatic nitrogens is 5. The van der Waals surface area contributed by atoms with Gasteiger partial charge in [0.25, 0.3) is 5.89 Å². The van der Waals surface area contributed by atoms with Crippen LogP contribution in [0.15, 0.2) is 41.4 Å². The number of alkyl halides is 6. The highest BCUT2D eigenvalue weighted by atomic mass is 35.5. The minimum atomic E-state index is -4.68. The van der Waals surface area contributed by atoms with Crippen molar-refractivity contribution in [3.05, 3.63) is 53.1 Å². The third kappa shape index (κ3) is 3.50. The Hall–Kier alpha value is -3.15. The molecule has 0 N–H and O–H groups in total. The normalized spacial score (nSPS) is 12.7. The molecule has 0 aromatic carbocycles. The Labute approximate surface area is 161 Å². The van der Waals surface area contributed by atoms with E-state index in [0.29, 0.717) is 6.07 Å². The summed E-state index contributed by atoms with van der Waals surface area (Å²) in [6.07, 6.45) is -5.51. The van der Waals surface area contributed by atoms with Crippen LogP contribution in [-0.2, 0) is 12.4 Å². The molecule has 0 aliphatic heterocycles. The van der Waals surface area contributed by atoms with Crippen molar-refractivity contribution in [2.45, 2.75) is 12.4 Å². The molecular formula is C16H6ClF6N5O. The minimum absolute atomic E-state index is 0.0215. The van der Waals surface area contributed by atoms with Crippen LogP contribution in [0.2, 0.25) is 5.02 Å². The van der Waals surface area contributed by atoms with E-state index in [-0.39, 0.29) is 22.3 Å². The van der Waals surface area contributed by atoms with E-state index in [1.54, 1.807) is 0 Å². The van der Waals surface area contributed by atoms with Crippen molar-refractivity contribution in [1.29, 1.82) is 0 Å². The zero-order chi connectivity index (χ0) is 21.0. The highest BCUT2D eigenvalue weighted by Crippen LogP contribution is 2.36. The Bertz CT molecular complexity index is 1210. The van der Waals surface area contributed by atoms with E-state index >= 15 is 0 Å². The zero-order valence-electron chi connectivity index (χ0n) is 13.8. The third-order valence-electron chi connectivity index (χ3n) is 3.85. The number of nitrogens with zero attached hydrogens (tertiary/aromatic N) is 5. The first-order chi connectivity index (χ1) is 13.5. The Kier molecular flexibility index (Phi) is 4.26. The average molecular weight is 434 g/mol. The van der Waals surface area contributed by atoms with Gasteiger partial charge >= 0.3 is 12.4 Å². The van der Waals surface area contributed by atoms with Crippen molar-refractivity contribution in [3.8, 4) is 23.0 Å². The Morgan fingerprint density at radius 1 is 1.00 bits per heavy atom. The maximum absolute atomic E-state index is 13.1. The van der Waals surface area contributed by atoms with Gasteiger partial charge in [0.05, 0.1) is 21.7 Å². The van der Waals surface area contributed by atoms with Crippen molar-refractivity contribution in [2.24, 2.45) is 0 Å². The Balaban J connectivity index is 1.78. The van der Waals surface area contributed by atoms with Gasteiger partial charge in [0.15, 0.2) is 5.65 Å². The molecule has 0 aliphatic rings. The second-order valence-electron chi connectivity index (χ2n) is 5.77. The summed E-state index contributed by atoms with van der Waals surface area (Å²) >= 11 is 5.86. The van der Waals surface area contributed by atoms with Gasteiger partial charge < -0.3 is 8.92 Å². The zero-order valence-corrected chi connectivity index (χ0v) is 14.5. The van der Waals surface area contributed by atoms with Crippen molar-refractivity contribution < 1.29 is 30.9 Å². The van der Waals surface area contributed by atoms with E-state index < -0.39 is 34.9 Å². The lowest BCUT2D eigenvalue weighted by Crippen LogP contribution is -2.07. The van der Waals surface area contributed by atoms with E-state index in [9.17, 15) is 26.3 Å². The van der Waals surface area contributed by atoms with E-state index in [4.69, 9.17) is 16.1 Å². The second kappa shape index (κ2) is 6.44. The number of pyridine rings is 2. The second-order valence-corrected chi connectivity index (χ2v) is 6.18. The minimum Gasteiger partial charge on any atom is -0.332 e. The summed E-state index contributed by atoms with van der Waals surface area (Å²) in [6.45, 7) is 0. The molecule has 0 saturated heterocycles. The van der Waals surface area contributed by atoms with Crippen LogP contribution in [0, 0.1) is 0 Å². The van der Waals surface area contributed by atoms with E-state index in [2.05, 4.69) is 20.1 Å². The maximum Gasteiger partial charge on any atom is 0.417 e. The molecule has 150 valence electrons. The summed E-state index contributed by atoms with van der Waals surface area (Å²) in [4.78, 5) is 11.5. The van der Waals surface area contributed by atoms with E-state index in [0.717, 1.165) is 35.3 Å². The fraction of sp³-hybridized carbons (Fsp3) is 0.125. The SMILES string of the molecule is FC(F)(F)c1cc(Cl)c2nc(-c3nc(-c4cnccc4C(F)(F)F)no3)cn2c1. The number of imidazole rings is 1. The van der Waals surface area contributed by atoms with Gasteiger partial charge in [-0.1, -0.05) is 16.8 Å². The molecule has 0 aliphatic carbocycles. The highest BCUT2D eigenvalue weighted by Gasteiger charge is 2.35. The molecule has 0 atom stereocenters. The van der Waals surface area contributed by atoms with Gasteiger partial charge in [-0.2, -0.15) is 31.3 Å². The molecule has 0 fully saturated rings. The predicted molar refractivity (Wildman–Crippen MR) is 86.7 cm³/mol. The molecule has 4 aromatic rings. The maximum atomic E-state index is 13.1. The molecule has 4 rings (SSSR count). The molecule has 0 bridgehead atoms. The first-order valence-electron chi connectivity index (χ1n) is 7.65. The van der Waals surface area contributed by atoms with Crippen molar-refractivity contribution in [1.82, 2.24) is 24.5 Å². The van der Waals surface area contributed by atoms with Crippen LogP contribution < -0.4 is 0 Å². The Morgan fingerprint density at radius 3 is 2.45 bits per heavy atom. The molecule has 29 heavy (non-hydrogen) atoms. The van der Waals surface area contributed by atoms with Crippen LogP contribution in [0.4, 0.5) is 26.3 Å². The molecule has 6 nitrogen and oxygen atoms in total. The molecular weight excluding hydrogens is 428 g/mol. The number of rotatable bonds is 2. The van der Waals surface area contributed by atoms with Crippen molar-refractivity contribution in [3.63, 3.8) is 0 Å². The quantitative estimate of drug-likeness (QED) is 0.410. The fourth-order valence-electron chi connectivity index (χ4n) is 2.57. The summed E-state index contributed by atoms with van der Waals surface area (Å²) in [5.74, 6) is -0.704. The molecule has 0 radical (unpaired) electrons. The van der Waals surface area contributed by atoms with Gasteiger partial charge in [-0.15, -0.1) is 0 Å². The number of hydrogen-bond donors (Lipinski definition) is 0. The van der Waals surface area contributed by atoms with Crippen molar-refractivity contribution in [2.75, 3.05) is 0 Å². The molecule has 0 spiro atoms. The number of fused-ring (bicyclic) bond motifs is 1. The van der Waals surface area contributed by atoms with Crippen LogP contribution in [0.1, 0.15) is 11.1 Å². The lowest BCUT2D eigenvalue weighted by Gasteiger charge is -2.08. The summed E-state index contributed by atoms with van der Waals surface area (Å²) in [7, 11) is 0. The van der Waals surface area contributed by atoms with Gasteiger partial charge in [-0.3, -0.25) is 4.98 Å². The summed E-state index contributed by atoms with van der Waals surface area (Å²) in [5.41, 5.74) is -2.53. The first kappa shape index (κ1) is 19.2. The Morgan fingerprint density at radius 2 is 1.76 bits per heavy atom. The van der Waals surface area contributed by atoms with Gasteiger partial charge in [-0.25, -0.2) is 4.98 Å². The molecule has 4 heterocycles. The smallest absolute Gasteiger partial charge is 0.332 e. The molecule has 0 saturated carbocycles. The molecule has 13 heteroatoms. The standard InChI is InChI=1S/C16H6ClF6N5O/c17-10-3-7(15(18,19)20)5-28-6-11(25-13(10)28)14-26-12(27-29-14)8-4-24-2-1-9(8)16(21,22)23/h1-6H. The van der Waals surface area contributed by atoms with Gasteiger partial charge in [0.2, 0.25) is 5.82 Å².